The summed E-state index contributed by atoms with van der Waals surface area (Å²) in [6.45, 7) is 10.7. The average Bonchev–Trinajstić information content (AvgIpc) is 3.18. The van der Waals surface area contributed by atoms with E-state index in [2.05, 4.69) is 67.7 Å². The number of Topliss-reactive ketones (excluding diaryl/α,β-unsaturated/α-hetero) is 1. The van der Waals surface area contributed by atoms with Crippen LogP contribution in [0.25, 0.3) is 0 Å². The fourth-order valence-corrected chi connectivity index (χ4v) is 5.89. The molecule has 32 heavy (non-hydrogen) atoms. The Kier molecular flexibility index (Phi) is 5.59. The average molecular weight is 511 g/mol. The molecule has 2 N–H and O–H groups in total. The molecule has 2 aliphatic rings. The molecule has 0 unspecified atom stereocenters. The second kappa shape index (κ2) is 7.86. The number of carbonyl (C=O) groups excluding carboxylic acids is 1. The Bertz CT molecular complexity index is 1190. The minimum absolute atomic E-state index is 0.0111. The van der Waals surface area contributed by atoms with Crippen LogP contribution in [0.15, 0.2) is 57.6 Å². The van der Waals surface area contributed by atoms with Crippen molar-refractivity contribution in [3.63, 3.8) is 0 Å². The number of hydrogen-bond acceptors (Lipinski definition) is 6. The number of rotatable bonds is 2. The summed E-state index contributed by atoms with van der Waals surface area (Å²) in [5, 5.41) is 10.2. The van der Waals surface area contributed by atoms with Crippen LogP contribution in [0.5, 0.6) is 0 Å². The van der Waals surface area contributed by atoms with Crippen LogP contribution >= 0.6 is 27.3 Å². The van der Waals surface area contributed by atoms with Crippen LogP contribution in [0.2, 0.25) is 0 Å². The molecule has 7 heteroatoms. The van der Waals surface area contributed by atoms with E-state index in [-0.39, 0.29) is 16.6 Å². The Morgan fingerprint density at radius 2 is 1.97 bits per heavy atom. The quantitative estimate of drug-likeness (QED) is 0.524. The van der Waals surface area contributed by atoms with Gasteiger partial charge in [-0.05, 0) is 57.4 Å². The van der Waals surface area contributed by atoms with Gasteiger partial charge in [0.2, 0.25) is 0 Å². The normalized spacial score (nSPS) is 21.0. The molecule has 166 valence electrons. The smallest absolute Gasteiger partial charge is 0.162 e. The molecule has 0 fully saturated rings. The first kappa shape index (κ1) is 22.8. The van der Waals surface area contributed by atoms with Crippen molar-refractivity contribution >= 4 is 38.9 Å². The van der Waals surface area contributed by atoms with E-state index in [4.69, 9.17) is 5.73 Å². The first-order valence-corrected chi connectivity index (χ1v) is 12.2. The van der Waals surface area contributed by atoms with Gasteiger partial charge < -0.3 is 5.73 Å². The molecule has 1 aliphatic carbocycles. The van der Waals surface area contributed by atoms with Crippen molar-refractivity contribution in [2.75, 3.05) is 4.90 Å². The third-order valence-electron chi connectivity index (χ3n) is 5.97. The number of ketones is 1. The molecule has 5 nitrogen and oxygen atoms in total. The van der Waals surface area contributed by atoms with Crippen molar-refractivity contribution in [3.8, 4) is 6.07 Å². The lowest BCUT2D eigenvalue weighted by Gasteiger charge is -2.43. The highest BCUT2D eigenvalue weighted by Crippen LogP contribution is 2.51. The van der Waals surface area contributed by atoms with Crippen LogP contribution < -0.4 is 10.6 Å². The van der Waals surface area contributed by atoms with Crippen LogP contribution in [-0.4, -0.2) is 10.8 Å². The standard InChI is InChI=1S/C25H27BrN4OS/c1-24(2,3)19-8-7-18(32-19)21-15(12-27)23(28)30(20-9-6-14(26)13-29-20)16-10-25(4,5)11-17(31)22(16)21/h6-9,13,21H,10-11,28H2,1-5H3/t21-/m0/s1. The third kappa shape index (κ3) is 3.91. The zero-order valence-corrected chi connectivity index (χ0v) is 21.4. The number of hydrogen-bond donors (Lipinski definition) is 1. The van der Waals surface area contributed by atoms with E-state index in [1.165, 1.54) is 4.88 Å². The molecule has 1 atom stereocenters. The van der Waals surface area contributed by atoms with Crippen LogP contribution in [0, 0.1) is 16.7 Å². The number of nitrogens with two attached hydrogens (primary N) is 1. The predicted molar refractivity (Wildman–Crippen MR) is 132 cm³/mol. The van der Waals surface area contributed by atoms with Gasteiger partial charge in [0.05, 0.1) is 17.6 Å². The highest BCUT2D eigenvalue weighted by atomic mass is 79.9. The number of aromatic nitrogens is 1. The summed E-state index contributed by atoms with van der Waals surface area (Å²) in [5.74, 6) is 0.597. The third-order valence-corrected chi connectivity index (χ3v) is 8.02. The Morgan fingerprint density at radius 3 is 2.53 bits per heavy atom. The van der Waals surface area contributed by atoms with Gasteiger partial charge in [-0.25, -0.2) is 4.98 Å². The molecule has 0 amide bonds. The minimum Gasteiger partial charge on any atom is -0.384 e. The number of anilines is 1. The molecular weight excluding hydrogens is 484 g/mol. The molecule has 1 aliphatic heterocycles. The maximum atomic E-state index is 13.6. The maximum absolute atomic E-state index is 13.6. The molecule has 0 radical (unpaired) electrons. The summed E-state index contributed by atoms with van der Waals surface area (Å²) in [6.07, 6.45) is 2.82. The van der Waals surface area contributed by atoms with E-state index in [0.717, 1.165) is 15.0 Å². The maximum Gasteiger partial charge on any atom is 0.162 e. The molecule has 3 heterocycles. The first-order chi connectivity index (χ1) is 14.9. The zero-order chi connectivity index (χ0) is 23.4. The lowest BCUT2D eigenvalue weighted by atomic mass is 9.70. The monoisotopic (exact) mass is 510 g/mol. The Morgan fingerprint density at radius 1 is 1.25 bits per heavy atom. The molecular formula is C25H27BrN4OS. The van der Waals surface area contributed by atoms with Gasteiger partial charge in [-0.2, -0.15) is 5.26 Å². The lowest BCUT2D eigenvalue weighted by Crippen LogP contribution is -2.42. The van der Waals surface area contributed by atoms with Crippen LogP contribution in [-0.2, 0) is 10.2 Å². The van der Waals surface area contributed by atoms with Crippen molar-refractivity contribution in [3.05, 3.63) is 67.4 Å². The number of thiophene rings is 1. The molecule has 0 aromatic carbocycles. The Hall–Kier alpha value is -2.43. The summed E-state index contributed by atoms with van der Waals surface area (Å²) in [4.78, 5) is 22.1. The molecule has 2 aromatic heterocycles. The number of halogens is 1. The largest absolute Gasteiger partial charge is 0.384 e. The fraction of sp³-hybridized carbons (Fsp3) is 0.400. The van der Waals surface area contributed by atoms with Gasteiger partial charge in [0, 0.05) is 38.1 Å². The van der Waals surface area contributed by atoms with Gasteiger partial charge in [0.25, 0.3) is 0 Å². The van der Waals surface area contributed by atoms with E-state index in [9.17, 15) is 10.1 Å². The van der Waals surface area contributed by atoms with Crippen LogP contribution in [0.4, 0.5) is 5.82 Å². The Labute approximate surface area is 201 Å². The summed E-state index contributed by atoms with van der Waals surface area (Å²) in [6, 6.07) is 10.2. The topological polar surface area (TPSA) is 83.0 Å². The summed E-state index contributed by atoms with van der Waals surface area (Å²) in [7, 11) is 0. The second-order valence-electron chi connectivity index (χ2n) is 10.3. The predicted octanol–water partition coefficient (Wildman–Crippen LogP) is 6.14. The summed E-state index contributed by atoms with van der Waals surface area (Å²) in [5.41, 5.74) is 8.38. The van der Waals surface area contributed by atoms with Gasteiger partial charge in [0.15, 0.2) is 5.78 Å². The number of allylic oxidation sites excluding steroid dienone is 3. The van der Waals surface area contributed by atoms with Crippen molar-refractivity contribution in [2.45, 2.75) is 58.8 Å². The first-order valence-electron chi connectivity index (χ1n) is 10.6. The Balaban J connectivity index is 1.96. The molecule has 2 aromatic rings. The van der Waals surface area contributed by atoms with E-state index in [0.29, 0.717) is 35.6 Å². The second-order valence-corrected chi connectivity index (χ2v) is 12.3. The van der Waals surface area contributed by atoms with Gasteiger partial charge in [-0.3, -0.25) is 9.69 Å². The summed E-state index contributed by atoms with van der Waals surface area (Å²) < 4.78 is 0.849. The van der Waals surface area contributed by atoms with Crippen molar-refractivity contribution in [1.29, 1.82) is 5.26 Å². The van der Waals surface area contributed by atoms with E-state index >= 15 is 0 Å². The van der Waals surface area contributed by atoms with Crippen molar-refractivity contribution < 1.29 is 4.79 Å². The number of nitriles is 1. The van der Waals surface area contributed by atoms with Crippen molar-refractivity contribution in [1.82, 2.24) is 4.98 Å². The van der Waals surface area contributed by atoms with Gasteiger partial charge in [-0.15, -0.1) is 11.3 Å². The highest BCUT2D eigenvalue weighted by Gasteiger charge is 2.45. The molecule has 0 spiro atoms. The van der Waals surface area contributed by atoms with E-state index < -0.39 is 5.92 Å². The van der Waals surface area contributed by atoms with E-state index in [1.54, 1.807) is 17.5 Å². The van der Waals surface area contributed by atoms with Gasteiger partial charge >= 0.3 is 0 Å². The van der Waals surface area contributed by atoms with Crippen LogP contribution in [0.3, 0.4) is 0 Å². The van der Waals surface area contributed by atoms with E-state index in [1.807, 2.05) is 23.1 Å². The van der Waals surface area contributed by atoms with Crippen LogP contribution in [0.1, 0.15) is 63.1 Å². The molecule has 0 saturated carbocycles. The summed E-state index contributed by atoms with van der Waals surface area (Å²) >= 11 is 5.08. The highest BCUT2D eigenvalue weighted by molar-refractivity contribution is 9.10. The van der Waals surface area contributed by atoms with Gasteiger partial charge in [-0.1, -0.05) is 34.6 Å². The molecule has 0 bridgehead atoms. The van der Waals surface area contributed by atoms with Crippen molar-refractivity contribution in [2.24, 2.45) is 11.1 Å². The molecule has 4 rings (SSSR count). The lowest BCUT2D eigenvalue weighted by molar-refractivity contribution is -0.118. The minimum atomic E-state index is -0.439. The number of nitrogens with zero attached hydrogens (tertiary/aromatic N) is 3. The SMILES string of the molecule is CC1(C)CC(=O)C2=C(C1)N(c1ccc(Br)cn1)C(N)=C(C#N)[C@H]2c1ccc(C(C)(C)C)s1. The number of pyridine rings is 1. The zero-order valence-electron chi connectivity index (χ0n) is 19.0. The fourth-order valence-electron chi connectivity index (χ4n) is 4.47. The molecule has 0 saturated heterocycles. The number of carbonyl (C=O) groups is 1. The van der Waals surface area contributed by atoms with Gasteiger partial charge in [0.1, 0.15) is 11.6 Å².